The molecule has 0 unspecified atom stereocenters. The Balaban J connectivity index is 2.10. The van der Waals surface area contributed by atoms with Gasteiger partial charge in [-0.1, -0.05) is 54.0 Å². The lowest BCUT2D eigenvalue weighted by molar-refractivity contribution is 0.278. The van der Waals surface area contributed by atoms with E-state index in [9.17, 15) is 0 Å². The molecule has 1 N–H and O–H groups in total. The molecule has 0 spiro atoms. The first-order chi connectivity index (χ1) is 13.1. The summed E-state index contributed by atoms with van der Waals surface area (Å²) in [7, 11) is 1.68. The third-order valence-electron chi connectivity index (χ3n) is 4.82. The standard InChI is InChI=1S/C22H31BrN2O2/c1-5-25(6-2)14-13-24-15-19-20(23)11-12-21(26-4)22(19)27-16-18-10-8-7-9-17(18)3/h7-12,24H,5-6,13-16H2,1-4H3. The number of rotatable bonds is 11. The van der Waals surface area contributed by atoms with E-state index in [0.717, 1.165) is 54.3 Å². The van der Waals surface area contributed by atoms with Crippen molar-refractivity contribution in [2.45, 2.75) is 33.9 Å². The Labute approximate surface area is 172 Å². The van der Waals surface area contributed by atoms with E-state index in [1.165, 1.54) is 11.1 Å². The minimum Gasteiger partial charge on any atom is -0.493 e. The molecule has 27 heavy (non-hydrogen) atoms. The highest BCUT2D eigenvalue weighted by molar-refractivity contribution is 9.10. The van der Waals surface area contributed by atoms with Crippen LogP contribution in [0.15, 0.2) is 40.9 Å². The van der Waals surface area contributed by atoms with E-state index in [1.54, 1.807) is 7.11 Å². The van der Waals surface area contributed by atoms with Crippen molar-refractivity contribution < 1.29 is 9.47 Å². The van der Waals surface area contributed by atoms with Crippen molar-refractivity contribution >= 4 is 15.9 Å². The van der Waals surface area contributed by atoms with Gasteiger partial charge in [-0.3, -0.25) is 0 Å². The summed E-state index contributed by atoms with van der Waals surface area (Å²) in [6.07, 6.45) is 0. The summed E-state index contributed by atoms with van der Waals surface area (Å²) in [6, 6.07) is 12.2. The molecule has 0 fully saturated rings. The molecular weight excluding hydrogens is 404 g/mol. The minimum absolute atomic E-state index is 0.520. The van der Waals surface area contributed by atoms with Crippen LogP contribution in [0.1, 0.15) is 30.5 Å². The van der Waals surface area contributed by atoms with Crippen LogP contribution in [0.5, 0.6) is 11.5 Å². The maximum atomic E-state index is 6.22. The van der Waals surface area contributed by atoms with Crippen molar-refractivity contribution in [2.24, 2.45) is 0 Å². The highest BCUT2D eigenvalue weighted by Gasteiger charge is 2.15. The maximum absolute atomic E-state index is 6.22. The third kappa shape index (κ3) is 6.23. The molecule has 0 aliphatic carbocycles. The van der Waals surface area contributed by atoms with Gasteiger partial charge in [0.05, 0.1) is 7.11 Å². The molecule has 2 aromatic carbocycles. The molecular formula is C22H31BrN2O2. The fourth-order valence-corrected chi connectivity index (χ4v) is 3.43. The Morgan fingerprint density at radius 2 is 1.81 bits per heavy atom. The lowest BCUT2D eigenvalue weighted by atomic mass is 10.1. The molecule has 0 atom stereocenters. The average Bonchev–Trinajstić information content (AvgIpc) is 2.69. The predicted octanol–water partition coefficient (Wildman–Crippen LogP) is 4.78. The van der Waals surface area contributed by atoms with Crippen LogP contribution in [-0.4, -0.2) is 38.2 Å². The van der Waals surface area contributed by atoms with E-state index < -0.39 is 0 Å². The number of nitrogens with zero attached hydrogens (tertiary/aromatic N) is 1. The van der Waals surface area contributed by atoms with Gasteiger partial charge in [-0.05, 0) is 43.3 Å². The number of methoxy groups -OCH3 is 1. The summed E-state index contributed by atoms with van der Waals surface area (Å²) in [5.41, 5.74) is 3.49. The number of halogens is 1. The van der Waals surface area contributed by atoms with Gasteiger partial charge in [-0.25, -0.2) is 0 Å². The Morgan fingerprint density at radius 1 is 1.07 bits per heavy atom. The number of benzene rings is 2. The predicted molar refractivity (Wildman–Crippen MR) is 116 cm³/mol. The topological polar surface area (TPSA) is 33.7 Å². The number of hydrogen-bond donors (Lipinski definition) is 1. The molecule has 0 aliphatic heterocycles. The summed E-state index contributed by atoms with van der Waals surface area (Å²) < 4.78 is 12.8. The van der Waals surface area contributed by atoms with Crippen LogP contribution in [0.4, 0.5) is 0 Å². The monoisotopic (exact) mass is 434 g/mol. The molecule has 0 saturated carbocycles. The minimum atomic E-state index is 0.520. The van der Waals surface area contributed by atoms with E-state index in [0.29, 0.717) is 6.61 Å². The summed E-state index contributed by atoms with van der Waals surface area (Å²) in [5.74, 6) is 1.55. The van der Waals surface area contributed by atoms with Crippen molar-refractivity contribution in [3.05, 3.63) is 57.6 Å². The van der Waals surface area contributed by atoms with Gasteiger partial charge in [0.15, 0.2) is 11.5 Å². The van der Waals surface area contributed by atoms with Gasteiger partial charge in [0, 0.05) is 29.7 Å². The lowest BCUT2D eigenvalue weighted by Crippen LogP contribution is -2.31. The molecule has 0 saturated heterocycles. The van der Waals surface area contributed by atoms with Crippen molar-refractivity contribution in [3.63, 3.8) is 0 Å². The Hall–Kier alpha value is -1.56. The smallest absolute Gasteiger partial charge is 0.167 e. The van der Waals surface area contributed by atoms with Crippen LogP contribution in [-0.2, 0) is 13.2 Å². The van der Waals surface area contributed by atoms with E-state index in [-0.39, 0.29) is 0 Å². The first-order valence-corrected chi connectivity index (χ1v) is 10.4. The lowest BCUT2D eigenvalue weighted by Gasteiger charge is -2.20. The van der Waals surface area contributed by atoms with Gasteiger partial charge in [-0.15, -0.1) is 0 Å². The van der Waals surface area contributed by atoms with Gasteiger partial charge in [0.2, 0.25) is 0 Å². The Kier molecular flexibility index (Phi) is 9.11. The number of aryl methyl sites for hydroxylation is 1. The van der Waals surface area contributed by atoms with Crippen molar-refractivity contribution in [1.29, 1.82) is 0 Å². The second-order valence-corrected chi connectivity index (χ2v) is 7.33. The zero-order chi connectivity index (χ0) is 19.6. The maximum Gasteiger partial charge on any atom is 0.167 e. The van der Waals surface area contributed by atoms with Gasteiger partial charge < -0.3 is 19.7 Å². The summed E-state index contributed by atoms with van der Waals surface area (Å²) >= 11 is 3.67. The first-order valence-electron chi connectivity index (χ1n) is 9.56. The zero-order valence-electron chi connectivity index (χ0n) is 16.8. The fourth-order valence-electron chi connectivity index (χ4n) is 2.98. The van der Waals surface area contributed by atoms with Gasteiger partial charge in [0.1, 0.15) is 6.61 Å². The van der Waals surface area contributed by atoms with Crippen LogP contribution in [0.3, 0.4) is 0 Å². The molecule has 2 rings (SSSR count). The van der Waals surface area contributed by atoms with Crippen molar-refractivity contribution in [3.8, 4) is 11.5 Å². The summed E-state index contributed by atoms with van der Waals surface area (Å²) in [5, 5.41) is 3.54. The van der Waals surface area contributed by atoms with Gasteiger partial charge in [-0.2, -0.15) is 0 Å². The highest BCUT2D eigenvalue weighted by atomic mass is 79.9. The first kappa shape index (κ1) is 21.7. The largest absolute Gasteiger partial charge is 0.493 e. The highest BCUT2D eigenvalue weighted by Crippen LogP contribution is 2.36. The molecule has 2 aromatic rings. The summed E-state index contributed by atoms with van der Waals surface area (Å²) in [6.45, 7) is 11.9. The molecule has 148 valence electrons. The average molecular weight is 435 g/mol. The quantitative estimate of drug-likeness (QED) is 0.516. The van der Waals surface area contributed by atoms with Crippen LogP contribution in [0, 0.1) is 6.92 Å². The third-order valence-corrected chi connectivity index (χ3v) is 5.56. The molecule has 0 amide bonds. The Morgan fingerprint density at radius 3 is 2.48 bits per heavy atom. The fraction of sp³-hybridized carbons (Fsp3) is 0.455. The molecule has 4 nitrogen and oxygen atoms in total. The molecule has 0 radical (unpaired) electrons. The van der Waals surface area contributed by atoms with Gasteiger partial charge in [0.25, 0.3) is 0 Å². The molecule has 0 aromatic heterocycles. The number of ether oxygens (including phenoxy) is 2. The van der Waals surface area contributed by atoms with Crippen LogP contribution in [0.25, 0.3) is 0 Å². The number of nitrogens with one attached hydrogen (secondary N) is 1. The van der Waals surface area contributed by atoms with Crippen molar-refractivity contribution in [2.75, 3.05) is 33.3 Å². The SMILES string of the molecule is CCN(CC)CCNCc1c(Br)ccc(OC)c1OCc1ccccc1C. The van der Waals surface area contributed by atoms with E-state index in [1.807, 2.05) is 24.3 Å². The number of likely N-dealkylation sites (N-methyl/N-ethyl adjacent to an activating group) is 1. The van der Waals surface area contributed by atoms with E-state index in [2.05, 4.69) is 59.1 Å². The van der Waals surface area contributed by atoms with Crippen molar-refractivity contribution in [1.82, 2.24) is 10.2 Å². The van der Waals surface area contributed by atoms with E-state index in [4.69, 9.17) is 9.47 Å². The normalized spacial score (nSPS) is 11.0. The zero-order valence-corrected chi connectivity index (χ0v) is 18.4. The van der Waals surface area contributed by atoms with E-state index >= 15 is 0 Å². The van der Waals surface area contributed by atoms with Crippen LogP contribution < -0.4 is 14.8 Å². The van der Waals surface area contributed by atoms with Gasteiger partial charge >= 0.3 is 0 Å². The van der Waals surface area contributed by atoms with Crippen LogP contribution in [0.2, 0.25) is 0 Å². The molecule has 0 bridgehead atoms. The Bertz CT molecular complexity index is 717. The molecule has 0 heterocycles. The second-order valence-electron chi connectivity index (χ2n) is 6.48. The van der Waals surface area contributed by atoms with Crippen LogP contribution >= 0.6 is 15.9 Å². The second kappa shape index (κ2) is 11.3. The number of hydrogen-bond acceptors (Lipinski definition) is 4. The molecule has 5 heteroatoms. The molecule has 0 aliphatic rings. The summed E-state index contributed by atoms with van der Waals surface area (Å²) in [4.78, 5) is 2.41.